The number of hydrogen-bond acceptors (Lipinski definition) is 3. The molecule has 0 atom stereocenters. The third kappa shape index (κ3) is 4.68. The summed E-state index contributed by atoms with van der Waals surface area (Å²) < 4.78 is 0. The fourth-order valence-corrected chi connectivity index (χ4v) is 2.75. The number of rotatable bonds is 4. The van der Waals surface area contributed by atoms with E-state index in [1.54, 1.807) is 0 Å². The molecule has 0 radical (unpaired) electrons. The van der Waals surface area contributed by atoms with Crippen molar-refractivity contribution >= 4 is 28.9 Å². The van der Waals surface area contributed by atoms with Crippen LogP contribution in [-0.4, -0.2) is 30.5 Å². The van der Waals surface area contributed by atoms with Gasteiger partial charge in [0.2, 0.25) is 0 Å². The Labute approximate surface area is 128 Å². The number of nitro benzene ring substituents is 1. The average Bonchev–Trinajstić information content (AvgIpc) is 2.69. The lowest BCUT2D eigenvalue weighted by molar-refractivity contribution is -0.890. The topological polar surface area (TPSA) is 76.7 Å². The summed E-state index contributed by atoms with van der Waals surface area (Å²) >= 11 is 5.75. The summed E-state index contributed by atoms with van der Waals surface area (Å²) in [7, 11) is 0. The van der Waals surface area contributed by atoms with E-state index in [-0.39, 0.29) is 22.3 Å². The van der Waals surface area contributed by atoms with Gasteiger partial charge in [-0.3, -0.25) is 14.9 Å². The molecule has 1 saturated heterocycles. The van der Waals surface area contributed by atoms with Crippen LogP contribution in [0.2, 0.25) is 5.02 Å². The van der Waals surface area contributed by atoms with E-state index in [0.717, 1.165) is 25.9 Å². The summed E-state index contributed by atoms with van der Waals surface area (Å²) in [5, 5.41) is 13.9. The van der Waals surface area contributed by atoms with Crippen molar-refractivity contribution in [1.29, 1.82) is 0 Å². The zero-order valence-electron chi connectivity index (χ0n) is 11.7. The lowest BCUT2D eigenvalue weighted by Gasteiger charge is -2.16. The monoisotopic (exact) mass is 312 g/mol. The van der Waals surface area contributed by atoms with E-state index in [1.165, 1.54) is 35.9 Å². The molecule has 2 rings (SSSR count). The molecule has 1 aromatic rings. The molecule has 1 fully saturated rings. The van der Waals surface area contributed by atoms with Crippen molar-refractivity contribution in [2.75, 3.05) is 25.0 Å². The average molecular weight is 313 g/mol. The molecule has 114 valence electrons. The third-order valence-corrected chi connectivity index (χ3v) is 3.89. The maximum absolute atomic E-state index is 12.1. The smallest absolute Gasteiger partial charge is 0.294 e. The molecular formula is C14H19ClN3O3+. The van der Waals surface area contributed by atoms with Crippen LogP contribution in [0.1, 0.15) is 25.7 Å². The number of carbonyl (C=O) groups excluding carboxylic acids is 1. The number of likely N-dealkylation sites (tertiary alicyclic amines) is 1. The van der Waals surface area contributed by atoms with Crippen LogP contribution in [0.25, 0.3) is 0 Å². The van der Waals surface area contributed by atoms with Gasteiger partial charge < -0.3 is 10.2 Å². The summed E-state index contributed by atoms with van der Waals surface area (Å²) in [6.07, 6.45) is 4.69. The maximum Gasteiger partial charge on any atom is 0.294 e. The Hall–Kier alpha value is -1.66. The lowest BCUT2D eigenvalue weighted by atomic mass is 10.2. The Morgan fingerprint density at radius 2 is 1.95 bits per heavy atom. The van der Waals surface area contributed by atoms with Gasteiger partial charge in [-0.2, -0.15) is 0 Å². The van der Waals surface area contributed by atoms with E-state index >= 15 is 0 Å². The van der Waals surface area contributed by atoms with Crippen molar-refractivity contribution in [3.8, 4) is 0 Å². The Kier molecular flexibility index (Phi) is 5.52. The minimum Gasteiger partial charge on any atom is -0.327 e. The van der Waals surface area contributed by atoms with Crippen molar-refractivity contribution in [1.82, 2.24) is 0 Å². The molecule has 1 aliphatic rings. The van der Waals surface area contributed by atoms with Crippen LogP contribution in [0.5, 0.6) is 0 Å². The number of nitro groups is 1. The Morgan fingerprint density at radius 1 is 1.29 bits per heavy atom. The number of quaternary nitrogens is 1. The Balaban J connectivity index is 2.00. The Morgan fingerprint density at radius 3 is 2.57 bits per heavy atom. The van der Waals surface area contributed by atoms with Crippen molar-refractivity contribution < 1.29 is 14.6 Å². The zero-order valence-corrected chi connectivity index (χ0v) is 12.5. The second kappa shape index (κ2) is 7.38. The van der Waals surface area contributed by atoms with Gasteiger partial charge in [0.25, 0.3) is 11.6 Å². The summed E-state index contributed by atoms with van der Waals surface area (Å²) in [4.78, 5) is 23.7. The molecule has 1 aromatic carbocycles. The number of halogens is 1. The summed E-state index contributed by atoms with van der Waals surface area (Å²) in [5.74, 6) is -0.197. The number of carbonyl (C=O) groups is 1. The molecule has 2 N–H and O–H groups in total. The molecule has 0 bridgehead atoms. The highest BCUT2D eigenvalue weighted by molar-refractivity contribution is 6.31. The van der Waals surface area contributed by atoms with Gasteiger partial charge in [0.05, 0.1) is 18.0 Å². The molecule has 1 aliphatic heterocycles. The number of benzene rings is 1. The van der Waals surface area contributed by atoms with Gasteiger partial charge >= 0.3 is 0 Å². The fraction of sp³-hybridized carbons (Fsp3) is 0.500. The minimum atomic E-state index is -0.541. The van der Waals surface area contributed by atoms with E-state index in [2.05, 4.69) is 5.32 Å². The van der Waals surface area contributed by atoms with E-state index in [9.17, 15) is 14.9 Å². The van der Waals surface area contributed by atoms with Crippen LogP contribution >= 0.6 is 11.6 Å². The van der Waals surface area contributed by atoms with Crippen LogP contribution in [0.4, 0.5) is 11.4 Å². The highest BCUT2D eigenvalue weighted by Gasteiger charge is 2.20. The largest absolute Gasteiger partial charge is 0.327 e. The zero-order chi connectivity index (χ0) is 15.2. The summed E-state index contributed by atoms with van der Waals surface area (Å²) in [6, 6.07) is 4.25. The van der Waals surface area contributed by atoms with Gasteiger partial charge in [0, 0.05) is 11.1 Å². The van der Waals surface area contributed by atoms with Gasteiger partial charge in [-0.15, -0.1) is 0 Å². The minimum absolute atomic E-state index is 0.179. The number of nitrogens with one attached hydrogen (secondary N) is 2. The quantitative estimate of drug-likeness (QED) is 0.655. The molecule has 0 unspecified atom stereocenters. The Bertz CT molecular complexity index is 528. The first-order chi connectivity index (χ1) is 10.1. The number of nitrogens with zero attached hydrogens (tertiary/aromatic N) is 1. The normalized spacial score (nSPS) is 16.2. The number of amides is 1. The van der Waals surface area contributed by atoms with Crippen molar-refractivity contribution in [2.24, 2.45) is 0 Å². The van der Waals surface area contributed by atoms with Gasteiger partial charge in [-0.25, -0.2) is 0 Å². The molecule has 1 heterocycles. The molecule has 0 spiro atoms. The summed E-state index contributed by atoms with van der Waals surface area (Å²) in [6.45, 7) is 2.31. The second-order valence-corrected chi connectivity index (χ2v) is 5.74. The van der Waals surface area contributed by atoms with Crippen LogP contribution in [0.3, 0.4) is 0 Å². The molecule has 0 aliphatic carbocycles. The van der Waals surface area contributed by atoms with Crippen LogP contribution in [0.15, 0.2) is 18.2 Å². The first kappa shape index (κ1) is 15.7. The highest BCUT2D eigenvalue weighted by Crippen LogP contribution is 2.27. The van der Waals surface area contributed by atoms with Crippen molar-refractivity contribution in [3.05, 3.63) is 33.3 Å². The molecule has 0 saturated carbocycles. The van der Waals surface area contributed by atoms with Gasteiger partial charge in [-0.1, -0.05) is 11.6 Å². The third-order valence-electron chi connectivity index (χ3n) is 3.65. The van der Waals surface area contributed by atoms with Gasteiger partial charge in [0.15, 0.2) is 6.54 Å². The van der Waals surface area contributed by atoms with E-state index in [4.69, 9.17) is 11.6 Å². The van der Waals surface area contributed by atoms with Gasteiger partial charge in [0.1, 0.15) is 5.69 Å². The molecule has 6 nitrogen and oxygen atoms in total. The molecule has 1 amide bonds. The fourth-order valence-electron chi connectivity index (χ4n) is 2.59. The van der Waals surface area contributed by atoms with Gasteiger partial charge in [-0.05, 0) is 37.8 Å². The highest BCUT2D eigenvalue weighted by atomic mass is 35.5. The van der Waals surface area contributed by atoms with E-state index in [0.29, 0.717) is 6.54 Å². The SMILES string of the molecule is O=C(C[NH+]1CCCCCC1)Nc1ccc(Cl)cc1[N+](=O)[O-]. The number of anilines is 1. The molecule has 21 heavy (non-hydrogen) atoms. The standard InChI is InChI=1S/C14H18ClN3O3/c15-11-5-6-12(13(9-11)18(20)21)16-14(19)10-17-7-3-1-2-4-8-17/h5-6,9H,1-4,7-8,10H2,(H,16,19)/p+1. The van der Waals surface area contributed by atoms with Crippen LogP contribution in [-0.2, 0) is 4.79 Å². The van der Waals surface area contributed by atoms with Crippen LogP contribution in [0, 0.1) is 10.1 Å². The predicted octanol–water partition coefficient (Wildman–Crippen LogP) is 1.65. The first-order valence-electron chi connectivity index (χ1n) is 7.13. The number of hydrogen-bond donors (Lipinski definition) is 2. The first-order valence-corrected chi connectivity index (χ1v) is 7.51. The second-order valence-electron chi connectivity index (χ2n) is 5.31. The van der Waals surface area contributed by atoms with E-state index < -0.39 is 4.92 Å². The molecule has 0 aromatic heterocycles. The lowest BCUT2D eigenvalue weighted by Crippen LogP contribution is -3.12. The van der Waals surface area contributed by atoms with E-state index in [1.807, 2.05) is 0 Å². The summed E-state index contributed by atoms with van der Waals surface area (Å²) in [5.41, 5.74) is 0.0188. The molecular weight excluding hydrogens is 294 g/mol. The molecule has 7 heteroatoms. The van der Waals surface area contributed by atoms with Crippen molar-refractivity contribution in [3.63, 3.8) is 0 Å². The predicted molar refractivity (Wildman–Crippen MR) is 80.8 cm³/mol. The maximum atomic E-state index is 12.1. The van der Waals surface area contributed by atoms with Crippen LogP contribution < -0.4 is 10.2 Å². The van der Waals surface area contributed by atoms with Crippen molar-refractivity contribution in [2.45, 2.75) is 25.7 Å².